The molecule has 0 saturated carbocycles. The predicted molar refractivity (Wildman–Crippen MR) is 118 cm³/mol. The van der Waals surface area contributed by atoms with Gasteiger partial charge in [0.05, 0.1) is 15.1 Å². The molecule has 1 aliphatic heterocycles. The molecule has 0 radical (unpaired) electrons. The third-order valence-corrected chi connectivity index (χ3v) is 8.57. The lowest BCUT2D eigenvalue weighted by Crippen LogP contribution is -2.27. The van der Waals surface area contributed by atoms with Crippen LogP contribution < -0.4 is 4.80 Å². The van der Waals surface area contributed by atoms with E-state index in [1.807, 2.05) is 29.7 Å². The summed E-state index contributed by atoms with van der Waals surface area (Å²) in [6, 6.07) is 12.0. The van der Waals surface area contributed by atoms with E-state index < -0.39 is 10.0 Å². The molecule has 9 heteroatoms. The number of thiazole rings is 1. The molecule has 2 aromatic carbocycles. The third kappa shape index (κ3) is 3.84. The number of benzene rings is 2. The summed E-state index contributed by atoms with van der Waals surface area (Å²) in [6.07, 6.45) is 1.77. The van der Waals surface area contributed by atoms with Gasteiger partial charge in [0.2, 0.25) is 10.0 Å². The highest BCUT2D eigenvalue weighted by Crippen LogP contribution is 2.26. The molecule has 3 aromatic rings. The van der Waals surface area contributed by atoms with Gasteiger partial charge in [0.1, 0.15) is 0 Å². The molecule has 0 atom stereocenters. The second-order valence-electron chi connectivity index (χ2n) is 6.77. The average molecular weight is 494 g/mol. The summed E-state index contributed by atoms with van der Waals surface area (Å²) in [6.45, 7) is 3.79. The first-order valence-corrected chi connectivity index (χ1v) is 12.4. The summed E-state index contributed by atoms with van der Waals surface area (Å²) < 4.78 is 30.8. The van der Waals surface area contributed by atoms with E-state index >= 15 is 0 Å². The molecule has 1 amide bonds. The molecule has 4 rings (SSSR count). The number of fused-ring (bicyclic) bond motifs is 1. The van der Waals surface area contributed by atoms with Gasteiger partial charge in [-0.05, 0) is 72.1 Å². The number of carbonyl (C=O) groups is 1. The predicted octanol–water partition coefficient (Wildman–Crippen LogP) is 4.01. The van der Waals surface area contributed by atoms with Crippen LogP contribution in [-0.2, 0) is 16.6 Å². The highest BCUT2D eigenvalue weighted by atomic mass is 79.9. The lowest BCUT2D eigenvalue weighted by atomic mass is 10.2. The summed E-state index contributed by atoms with van der Waals surface area (Å²) >= 11 is 5.02. The second kappa shape index (κ2) is 8.14. The number of para-hydroxylation sites is 1. The molecule has 0 spiro atoms. The van der Waals surface area contributed by atoms with E-state index in [0.29, 0.717) is 30.0 Å². The summed E-state index contributed by atoms with van der Waals surface area (Å²) in [5, 5.41) is 0. The molecule has 0 unspecified atom stereocenters. The van der Waals surface area contributed by atoms with Crippen LogP contribution in [0.15, 0.2) is 56.8 Å². The van der Waals surface area contributed by atoms with Crippen molar-refractivity contribution in [2.75, 3.05) is 13.1 Å². The number of rotatable bonds is 4. The lowest BCUT2D eigenvalue weighted by molar-refractivity contribution is 0.0997. The van der Waals surface area contributed by atoms with Gasteiger partial charge >= 0.3 is 0 Å². The zero-order valence-corrected chi connectivity index (χ0v) is 19.1. The lowest BCUT2D eigenvalue weighted by Gasteiger charge is -2.15. The van der Waals surface area contributed by atoms with Gasteiger partial charge in [-0.25, -0.2) is 8.42 Å². The summed E-state index contributed by atoms with van der Waals surface area (Å²) in [5.41, 5.74) is 1.38. The molecule has 0 aliphatic carbocycles. The number of nitrogens with zero attached hydrogens (tertiary/aromatic N) is 3. The summed E-state index contributed by atoms with van der Waals surface area (Å²) in [5.74, 6) is -0.389. The van der Waals surface area contributed by atoms with Crippen LogP contribution in [0, 0.1) is 0 Å². The molecule has 1 aliphatic rings. The molecule has 1 saturated heterocycles. The Morgan fingerprint density at radius 1 is 1.14 bits per heavy atom. The van der Waals surface area contributed by atoms with Crippen molar-refractivity contribution in [2.24, 2.45) is 4.99 Å². The number of sulfonamides is 1. The molecule has 152 valence electrons. The number of hydrogen-bond acceptors (Lipinski definition) is 4. The SMILES string of the molecule is CCn1c(=NC(=O)c2ccc(S(=O)(=O)N3CCCC3)cc2)sc2cccc(Br)c21. The monoisotopic (exact) mass is 493 g/mol. The quantitative estimate of drug-likeness (QED) is 0.550. The van der Waals surface area contributed by atoms with Gasteiger partial charge in [-0.2, -0.15) is 9.30 Å². The fourth-order valence-corrected chi connectivity index (χ4v) is 6.81. The zero-order chi connectivity index (χ0) is 20.6. The molecule has 6 nitrogen and oxygen atoms in total. The maximum Gasteiger partial charge on any atom is 0.279 e. The fraction of sp³-hybridized carbons (Fsp3) is 0.300. The minimum atomic E-state index is -3.49. The van der Waals surface area contributed by atoms with E-state index in [4.69, 9.17) is 0 Å². The van der Waals surface area contributed by atoms with Crippen molar-refractivity contribution in [3.63, 3.8) is 0 Å². The van der Waals surface area contributed by atoms with Crippen LogP contribution >= 0.6 is 27.3 Å². The van der Waals surface area contributed by atoms with Crippen molar-refractivity contribution in [3.05, 3.63) is 57.3 Å². The highest BCUT2D eigenvalue weighted by Gasteiger charge is 2.27. The Hall–Kier alpha value is -1.81. The van der Waals surface area contributed by atoms with Gasteiger partial charge < -0.3 is 4.57 Å². The van der Waals surface area contributed by atoms with Gasteiger partial charge in [0.15, 0.2) is 4.80 Å². The molecule has 1 fully saturated rings. The topological polar surface area (TPSA) is 71.7 Å². The first kappa shape index (κ1) is 20.5. The van der Waals surface area contributed by atoms with Crippen LogP contribution in [0.1, 0.15) is 30.1 Å². The number of carbonyl (C=O) groups excluding carboxylic acids is 1. The van der Waals surface area contributed by atoms with Gasteiger partial charge in [0.25, 0.3) is 5.91 Å². The summed E-state index contributed by atoms with van der Waals surface area (Å²) in [4.78, 5) is 17.9. The second-order valence-corrected chi connectivity index (χ2v) is 10.6. The molecule has 0 N–H and O–H groups in total. The number of aromatic nitrogens is 1. The van der Waals surface area contributed by atoms with Crippen LogP contribution in [0.4, 0.5) is 0 Å². The smallest absolute Gasteiger partial charge is 0.279 e. The average Bonchev–Trinajstić information content (AvgIpc) is 3.37. The summed E-state index contributed by atoms with van der Waals surface area (Å²) in [7, 11) is -3.49. The van der Waals surface area contributed by atoms with Crippen LogP contribution in [0.5, 0.6) is 0 Å². The van der Waals surface area contributed by atoms with E-state index in [1.165, 1.54) is 39.9 Å². The Kier molecular flexibility index (Phi) is 5.74. The van der Waals surface area contributed by atoms with Crippen LogP contribution in [0.2, 0.25) is 0 Å². The highest BCUT2D eigenvalue weighted by molar-refractivity contribution is 9.10. The number of halogens is 1. The maximum absolute atomic E-state index is 12.7. The van der Waals surface area contributed by atoms with Crippen molar-refractivity contribution in [3.8, 4) is 0 Å². The minimum absolute atomic E-state index is 0.213. The van der Waals surface area contributed by atoms with Gasteiger partial charge in [-0.15, -0.1) is 0 Å². The van der Waals surface area contributed by atoms with Gasteiger partial charge in [0, 0.05) is 29.7 Å². The molecule has 29 heavy (non-hydrogen) atoms. The molecule has 1 aromatic heterocycles. The first-order chi connectivity index (χ1) is 13.9. The van der Waals surface area contributed by atoms with Crippen LogP contribution in [-0.4, -0.2) is 36.3 Å². The van der Waals surface area contributed by atoms with E-state index in [0.717, 1.165) is 27.5 Å². The van der Waals surface area contributed by atoms with E-state index in [2.05, 4.69) is 20.9 Å². The Balaban J connectivity index is 1.67. The molecule has 2 heterocycles. The number of aryl methyl sites for hydroxylation is 1. The Labute approximate surface area is 181 Å². The van der Waals surface area contributed by atoms with Gasteiger partial charge in [-0.1, -0.05) is 17.4 Å². The fourth-order valence-electron chi connectivity index (χ4n) is 3.46. The van der Waals surface area contributed by atoms with Crippen molar-refractivity contribution in [1.82, 2.24) is 8.87 Å². The maximum atomic E-state index is 12.7. The van der Waals surface area contributed by atoms with Crippen molar-refractivity contribution < 1.29 is 13.2 Å². The standard InChI is InChI=1S/C20H20BrN3O3S2/c1-2-24-18-16(21)6-5-7-17(18)28-20(24)22-19(25)14-8-10-15(11-9-14)29(26,27)23-12-3-4-13-23/h5-11H,2-4,12-13H2,1H3. The zero-order valence-electron chi connectivity index (χ0n) is 15.8. The van der Waals surface area contributed by atoms with Crippen molar-refractivity contribution in [1.29, 1.82) is 0 Å². The van der Waals surface area contributed by atoms with Crippen LogP contribution in [0.3, 0.4) is 0 Å². The first-order valence-electron chi connectivity index (χ1n) is 9.39. The Morgan fingerprint density at radius 3 is 2.48 bits per heavy atom. The van der Waals surface area contributed by atoms with E-state index in [9.17, 15) is 13.2 Å². The normalized spacial score (nSPS) is 16.0. The molecular weight excluding hydrogens is 474 g/mol. The molecular formula is C20H20BrN3O3S2. The van der Waals surface area contributed by atoms with E-state index in [-0.39, 0.29) is 10.8 Å². The van der Waals surface area contributed by atoms with Crippen molar-refractivity contribution in [2.45, 2.75) is 31.2 Å². The van der Waals surface area contributed by atoms with Gasteiger partial charge in [-0.3, -0.25) is 4.79 Å². The Bertz CT molecular complexity index is 1240. The van der Waals surface area contributed by atoms with E-state index in [1.54, 1.807) is 0 Å². The van der Waals surface area contributed by atoms with Crippen molar-refractivity contribution >= 4 is 53.4 Å². The minimum Gasteiger partial charge on any atom is -0.316 e. The Morgan fingerprint density at radius 2 is 1.83 bits per heavy atom. The third-order valence-electron chi connectivity index (χ3n) is 4.97. The number of hydrogen-bond donors (Lipinski definition) is 0. The van der Waals surface area contributed by atoms with Crippen LogP contribution in [0.25, 0.3) is 10.2 Å². The largest absolute Gasteiger partial charge is 0.316 e. The number of amides is 1. The molecule has 0 bridgehead atoms.